The predicted octanol–water partition coefficient (Wildman–Crippen LogP) is 11.1. The van der Waals surface area contributed by atoms with Gasteiger partial charge in [-0.25, -0.2) is 15.0 Å². The Morgan fingerprint density at radius 3 is 1.46 bits per heavy atom. The van der Waals surface area contributed by atoms with E-state index in [0.29, 0.717) is 23.2 Å². The number of fused-ring (bicyclic) bond motifs is 7. The maximum atomic E-state index is 5.25. The molecule has 7 aromatic carbocycles. The molecule has 5 heteroatoms. The van der Waals surface area contributed by atoms with Gasteiger partial charge in [-0.2, -0.15) is 0 Å². The molecule has 0 saturated carbocycles. The van der Waals surface area contributed by atoms with Crippen LogP contribution in [0.5, 0.6) is 0 Å². The molecule has 0 saturated heterocycles. The van der Waals surface area contributed by atoms with E-state index in [2.05, 4.69) is 145 Å². The Bertz CT molecular complexity index is 2790. The van der Waals surface area contributed by atoms with Crippen molar-refractivity contribution in [3.8, 4) is 45.4 Å². The second-order valence-corrected chi connectivity index (χ2v) is 12.5. The molecule has 0 radical (unpaired) electrons. The SMILES string of the molecule is c1cnc2c(-c3ccc(-c4nc(-c5cc6ccccc6c6ccccc56)nc(-c5cc6ccccc6c6ccccc56)n4)nc3)cccc2c1. The molecule has 0 bridgehead atoms. The highest BCUT2D eigenvalue weighted by Crippen LogP contribution is 2.38. The van der Waals surface area contributed by atoms with E-state index >= 15 is 0 Å². The fourth-order valence-corrected chi connectivity index (χ4v) is 7.23. The van der Waals surface area contributed by atoms with Crippen LogP contribution in [0, 0.1) is 0 Å². The van der Waals surface area contributed by atoms with Gasteiger partial charge >= 0.3 is 0 Å². The fourth-order valence-electron chi connectivity index (χ4n) is 7.23. The molecular weight excluding hydrogens is 611 g/mol. The van der Waals surface area contributed by atoms with Crippen LogP contribution < -0.4 is 0 Å². The van der Waals surface area contributed by atoms with E-state index < -0.39 is 0 Å². The molecule has 0 atom stereocenters. The molecule has 0 unspecified atom stereocenters. The molecule has 0 amide bonds. The van der Waals surface area contributed by atoms with Gasteiger partial charge in [0, 0.05) is 40.0 Å². The van der Waals surface area contributed by atoms with E-state index in [4.69, 9.17) is 19.9 Å². The average molecular weight is 638 g/mol. The quantitative estimate of drug-likeness (QED) is 0.180. The molecule has 0 aliphatic carbocycles. The van der Waals surface area contributed by atoms with Crippen molar-refractivity contribution in [2.24, 2.45) is 0 Å². The predicted molar refractivity (Wildman–Crippen MR) is 205 cm³/mol. The van der Waals surface area contributed by atoms with Crippen molar-refractivity contribution in [2.75, 3.05) is 0 Å². The fraction of sp³-hybridized carbons (Fsp3) is 0. The van der Waals surface area contributed by atoms with Crippen LogP contribution in [0.3, 0.4) is 0 Å². The zero-order valence-corrected chi connectivity index (χ0v) is 26.8. The van der Waals surface area contributed by atoms with Crippen LogP contribution in [0.15, 0.2) is 164 Å². The van der Waals surface area contributed by atoms with Gasteiger partial charge < -0.3 is 0 Å². The van der Waals surface area contributed by atoms with Crippen LogP contribution in [0.25, 0.3) is 99.4 Å². The lowest BCUT2D eigenvalue weighted by Crippen LogP contribution is -2.02. The monoisotopic (exact) mass is 637 g/mol. The molecule has 232 valence electrons. The third kappa shape index (κ3) is 4.60. The maximum absolute atomic E-state index is 5.25. The Kier molecular flexibility index (Phi) is 6.42. The maximum Gasteiger partial charge on any atom is 0.182 e. The summed E-state index contributed by atoms with van der Waals surface area (Å²) < 4.78 is 0. The van der Waals surface area contributed by atoms with Crippen molar-refractivity contribution in [1.82, 2.24) is 24.9 Å². The van der Waals surface area contributed by atoms with Crippen molar-refractivity contribution in [3.05, 3.63) is 164 Å². The van der Waals surface area contributed by atoms with Crippen molar-refractivity contribution < 1.29 is 0 Å². The summed E-state index contributed by atoms with van der Waals surface area (Å²) in [4.78, 5) is 25.2. The first-order chi connectivity index (χ1) is 24.8. The van der Waals surface area contributed by atoms with Gasteiger partial charge in [-0.15, -0.1) is 0 Å². The largest absolute Gasteiger partial charge is 0.256 e. The minimum Gasteiger partial charge on any atom is -0.256 e. The second-order valence-electron chi connectivity index (χ2n) is 12.5. The number of benzene rings is 7. The zero-order valence-electron chi connectivity index (χ0n) is 26.8. The first-order valence-corrected chi connectivity index (χ1v) is 16.7. The third-order valence-corrected chi connectivity index (χ3v) is 9.59. The lowest BCUT2D eigenvalue weighted by atomic mass is 9.96. The van der Waals surface area contributed by atoms with Crippen molar-refractivity contribution in [1.29, 1.82) is 0 Å². The Morgan fingerprint density at radius 1 is 0.340 bits per heavy atom. The molecule has 10 aromatic rings. The number of pyridine rings is 2. The topological polar surface area (TPSA) is 64.5 Å². The number of aromatic nitrogens is 5. The molecule has 0 aliphatic heterocycles. The van der Waals surface area contributed by atoms with Gasteiger partial charge in [-0.05, 0) is 67.4 Å². The number of nitrogens with zero attached hydrogens (tertiary/aromatic N) is 5. The van der Waals surface area contributed by atoms with Gasteiger partial charge in [0.05, 0.1) is 5.52 Å². The molecule has 0 fully saturated rings. The molecule has 3 aromatic heterocycles. The number of rotatable bonds is 4. The summed E-state index contributed by atoms with van der Waals surface area (Å²) in [6.07, 6.45) is 3.72. The van der Waals surface area contributed by atoms with E-state index in [1.165, 1.54) is 10.8 Å². The molecule has 50 heavy (non-hydrogen) atoms. The smallest absolute Gasteiger partial charge is 0.182 e. The highest BCUT2D eigenvalue weighted by atomic mass is 15.0. The normalized spacial score (nSPS) is 11.6. The van der Waals surface area contributed by atoms with Crippen LogP contribution in [0.2, 0.25) is 0 Å². The number of hydrogen-bond acceptors (Lipinski definition) is 5. The summed E-state index contributed by atoms with van der Waals surface area (Å²) in [5.41, 5.74) is 5.53. The number of hydrogen-bond donors (Lipinski definition) is 0. The average Bonchev–Trinajstić information content (AvgIpc) is 3.20. The van der Waals surface area contributed by atoms with E-state index in [9.17, 15) is 0 Å². The van der Waals surface area contributed by atoms with Gasteiger partial charge in [0.25, 0.3) is 0 Å². The molecule has 0 spiro atoms. The van der Waals surface area contributed by atoms with Crippen LogP contribution in [-0.4, -0.2) is 24.9 Å². The first-order valence-electron chi connectivity index (χ1n) is 16.7. The van der Waals surface area contributed by atoms with E-state index in [1.807, 2.05) is 24.5 Å². The summed E-state index contributed by atoms with van der Waals surface area (Å²) in [6, 6.07) is 52.6. The molecular formula is C45H27N5. The molecule has 3 heterocycles. The van der Waals surface area contributed by atoms with Crippen LogP contribution in [-0.2, 0) is 0 Å². The lowest BCUT2D eigenvalue weighted by Gasteiger charge is -2.14. The van der Waals surface area contributed by atoms with Gasteiger partial charge in [0.2, 0.25) is 0 Å². The lowest BCUT2D eigenvalue weighted by molar-refractivity contribution is 1.06. The van der Waals surface area contributed by atoms with E-state index in [0.717, 1.165) is 65.5 Å². The van der Waals surface area contributed by atoms with Gasteiger partial charge in [-0.3, -0.25) is 9.97 Å². The Hall–Kier alpha value is -6.85. The van der Waals surface area contributed by atoms with Crippen LogP contribution in [0.1, 0.15) is 0 Å². The zero-order chi connectivity index (χ0) is 33.0. The summed E-state index contributed by atoms with van der Waals surface area (Å²) in [5, 5.41) is 10.2. The molecule has 0 N–H and O–H groups in total. The second kappa shape index (κ2) is 11.4. The van der Waals surface area contributed by atoms with Crippen LogP contribution >= 0.6 is 0 Å². The summed E-state index contributed by atoms with van der Waals surface area (Å²) in [5.74, 6) is 1.73. The molecule has 0 aliphatic rings. The van der Waals surface area contributed by atoms with Crippen LogP contribution in [0.4, 0.5) is 0 Å². The standard InChI is InChI=1S/C45H27N5/c1-3-15-32-29(11-1)25-39(37-19-7-5-17-35(32)37)43-48-44(40-26-30-12-2-4-16-33(30)36-18-6-8-20-38(36)40)50-45(49-43)41-23-22-31(27-47-41)34-21-9-13-28-14-10-24-46-42(28)34/h1-27H. The van der Waals surface area contributed by atoms with Gasteiger partial charge in [-0.1, -0.05) is 127 Å². The van der Waals surface area contributed by atoms with Crippen molar-refractivity contribution >= 4 is 54.0 Å². The minimum absolute atomic E-state index is 0.516. The summed E-state index contributed by atoms with van der Waals surface area (Å²) >= 11 is 0. The highest BCUT2D eigenvalue weighted by molar-refractivity contribution is 6.14. The Labute approximate surface area is 287 Å². The van der Waals surface area contributed by atoms with Crippen molar-refractivity contribution in [3.63, 3.8) is 0 Å². The highest BCUT2D eigenvalue weighted by Gasteiger charge is 2.19. The number of para-hydroxylation sites is 1. The first kappa shape index (κ1) is 28.2. The Balaban J connectivity index is 1.22. The van der Waals surface area contributed by atoms with Gasteiger partial charge in [0.15, 0.2) is 17.5 Å². The summed E-state index contributed by atoms with van der Waals surface area (Å²) in [6.45, 7) is 0. The van der Waals surface area contributed by atoms with E-state index in [-0.39, 0.29) is 0 Å². The molecule has 5 nitrogen and oxygen atoms in total. The minimum atomic E-state index is 0.516. The summed E-state index contributed by atoms with van der Waals surface area (Å²) in [7, 11) is 0. The van der Waals surface area contributed by atoms with Crippen molar-refractivity contribution in [2.45, 2.75) is 0 Å². The van der Waals surface area contributed by atoms with E-state index in [1.54, 1.807) is 0 Å². The van der Waals surface area contributed by atoms with Gasteiger partial charge in [0.1, 0.15) is 5.69 Å². The third-order valence-electron chi connectivity index (χ3n) is 9.59. The molecule has 10 rings (SSSR count). The Morgan fingerprint density at radius 2 is 0.860 bits per heavy atom.